The molecule has 1 N–H and O–H groups in total. The molecule has 5 nitrogen and oxygen atoms in total. The van der Waals surface area contributed by atoms with Crippen molar-refractivity contribution in [2.75, 3.05) is 0 Å². The Balaban J connectivity index is 2.55. The minimum atomic E-state index is -4.03. The van der Waals surface area contributed by atoms with Crippen LogP contribution in [0.25, 0.3) is 11.4 Å². The van der Waals surface area contributed by atoms with Gasteiger partial charge in [-0.05, 0) is 18.2 Å². The van der Waals surface area contributed by atoms with Gasteiger partial charge in [0.2, 0.25) is 0 Å². The number of rotatable bonds is 2. The molecule has 9 heteroatoms. The largest absolute Gasteiger partial charge is 0.296 e. The summed E-state index contributed by atoms with van der Waals surface area (Å²) in [6.45, 7) is 0. The van der Waals surface area contributed by atoms with Crippen LogP contribution in [0.2, 0.25) is 5.02 Å². The van der Waals surface area contributed by atoms with Crippen molar-refractivity contribution in [3.05, 3.63) is 29.0 Å². The molecule has 90 valence electrons. The second kappa shape index (κ2) is 4.25. The number of hydrogen-bond donors (Lipinski definition) is 1. The summed E-state index contributed by atoms with van der Waals surface area (Å²) in [6.07, 6.45) is 0. The van der Waals surface area contributed by atoms with E-state index in [4.69, 9.17) is 22.3 Å². The van der Waals surface area contributed by atoms with Crippen molar-refractivity contribution >= 4 is 31.3 Å². The fraction of sp³-hybridized carbons (Fsp3) is 0. The first-order chi connectivity index (χ1) is 7.88. The van der Waals surface area contributed by atoms with Gasteiger partial charge in [0.1, 0.15) is 5.82 Å². The van der Waals surface area contributed by atoms with Crippen molar-refractivity contribution in [3.8, 4) is 11.4 Å². The van der Waals surface area contributed by atoms with Crippen LogP contribution in [0.15, 0.2) is 23.4 Å². The third-order valence-corrected chi connectivity index (χ3v) is 3.18. The summed E-state index contributed by atoms with van der Waals surface area (Å²) in [4.78, 5) is 3.57. The van der Waals surface area contributed by atoms with Crippen molar-refractivity contribution in [1.82, 2.24) is 15.2 Å². The summed E-state index contributed by atoms with van der Waals surface area (Å²) in [5.74, 6) is -0.754. The number of hydrogen-bond acceptors (Lipinski definition) is 4. The summed E-state index contributed by atoms with van der Waals surface area (Å²) in [7, 11) is 1.02. The molecule has 0 atom stereocenters. The molecular weight excluding hydrogens is 292 g/mol. The topological polar surface area (TPSA) is 75.7 Å². The van der Waals surface area contributed by atoms with Gasteiger partial charge in [-0.2, -0.15) is 10.1 Å². The first-order valence-corrected chi connectivity index (χ1v) is 6.89. The highest BCUT2D eigenvalue weighted by molar-refractivity contribution is 8.13. The summed E-state index contributed by atoms with van der Waals surface area (Å²) >= 11 is 5.69. The van der Waals surface area contributed by atoms with E-state index < -0.39 is 20.0 Å². The lowest BCUT2D eigenvalue weighted by Gasteiger charge is -1.97. The Labute approximate surface area is 105 Å². The number of nitrogens with one attached hydrogen (secondary N) is 1. The van der Waals surface area contributed by atoms with Crippen molar-refractivity contribution in [2.24, 2.45) is 0 Å². The van der Waals surface area contributed by atoms with E-state index in [1.54, 1.807) is 0 Å². The summed E-state index contributed by atoms with van der Waals surface area (Å²) in [6, 6.07) is 3.76. The van der Waals surface area contributed by atoms with Gasteiger partial charge in [-0.15, -0.1) is 0 Å². The van der Waals surface area contributed by atoms with Gasteiger partial charge in [0.15, 0.2) is 5.82 Å². The summed E-state index contributed by atoms with van der Waals surface area (Å²) < 4.78 is 35.3. The first-order valence-electron chi connectivity index (χ1n) is 4.20. The van der Waals surface area contributed by atoms with Gasteiger partial charge in [-0.1, -0.05) is 11.6 Å². The molecule has 0 unspecified atom stereocenters. The van der Waals surface area contributed by atoms with E-state index in [-0.39, 0.29) is 16.4 Å². The van der Waals surface area contributed by atoms with Crippen LogP contribution in [-0.4, -0.2) is 23.6 Å². The Kier molecular flexibility index (Phi) is 3.07. The van der Waals surface area contributed by atoms with Gasteiger partial charge < -0.3 is 0 Å². The lowest BCUT2D eigenvalue weighted by Crippen LogP contribution is -1.93. The van der Waals surface area contributed by atoms with Crippen LogP contribution in [0, 0.1) is 5.82 Å². The molecule has 0 aliphatic carbocycles. The zero-order chi connectivity index (χ0) is 12.6. The molecule has 0 amide bonds. The van der Waals surface area contributed by atoms with Crippen LogP contribution in [0.4, 0.5) is 4.39 Å². The van der Waals surface area contributed by atoms with Crippen molar-refractivity contribution in [2.45, 2.75) is 5.16 Å². The number of aromatic amines is 1. The zero-order valence-corrected chi connectivity index (χ0v) is 10.3. The van der Waals surface area contributed by atoms with Crippen LogP contribution in [-0.2, 0) is 9.05 Å². The van der Waals surface area contributed by atoms with E-state index in [9.17, 15) is 12.8 Å². The number of nitrogens with zero attached hydrogens (tertiary/aromatic N) is 2. The third-order valence-electron chi connectivity index (χ3n) is 1.87. The normalized spacial score (nSPS) is 11.7. The van der Waals surface area contributed by atoms with Crippen molar-refractivity contribution < 1.29 is 12.8 Å². The molecule has 2 rings (SSSR count). The quantitative estimate of drug-likeness (QED) is 0.862. The standard InChI is InChI=1S/C8H4Cl2FN3O2S/c9-4-1-2-6(11)5(3-4)7-12-8(14-13-7)17(10,15)16/h1-3H,(H,12,13,14). The Morgan fingerprint density at radius 3 is 2.65 bits per heavy atom. The molecule has 1 heterocycles. The van der Waals surface area contributed by atoms with Crippen LogP contribution in [0.3, 0.4) is 0 Å². The van der Waals surface area contributed by atoms with Gasteiger partial charge in [0, 0.05) is 15.7 Å². The molecule has 0 saturated heterocycles. The van der Waals surface area contributed by atoms with Crippen LogP contribution in [0.5, 0.6) is 0 Å². The predicted octanol–water partition coefficient (Wildman–Crippen LogP) is 2.19. The van der Waals surface area contributed by atoms with E-state index in [1.807, 2.05) is 0 Å². The highest BCUT2D eigenvalue weighted by Crippen LogP contribution is 2.24. The lowest BCUT2D eigenvalue weighted by molar-refractivity contribution is 0.602. The van der Waals surface area contributed by atoms with E-state index >= 15 is 0 Å². The van der Waals surface area contributed by atoms with Gasteiger partial charge >= 0.3 is 0 Å². The van der Waals surface area contributed by atoms with E-state index in [0.717, 1.165) is 6.07 Å². The van der Waals surface area contributed by atoms with Gasteiger partial charge in [-0.25, -0.2) is 17.9 Å². The molecule has 1 aromatic heterocycles. The van der Waals surface area contributed by atoms with Crippen LogP contribution in [0.1, 0.15) is 0 Å². The summed E-state index contributed by atoms with van der Waals surface area (Å²) in [5, 5.41) is 5.39. The Morgan fingerprint density at radius 1 is 1.35 bits per heavy atom. The maximum absolute atomic E-state index is 13.4. The van der Waals surface area contributed by atoms with E-state index in [0.29, 0.717) is 0 Å². The monoisotopic (exact) mass is 295 g/mol. The average molecular weight is 296 g/mol. The molecule has 17 heavy (non-hydrogen) atoms. The highest BCUT2D eigenvalue weighted by Gasteiger charge is 2.18. The molecule has 0 radical (unpaired) electrons. The van der Waals surface area contributed by atoms with Crippen LogP contribution >= 0.6 is 22.3 Å². The predicted molar refractivity (Wildman–Crippen MR) is 59.8 cm³/mol. The minimum Gasteiger partial charge on any atom is -0.248 e. The number of aromatic nitrogens is 3. The molecule has 0 fully saturated rings. The Hall–Kier alpha value is -1.18. The number of benzene rings is 1. The average Bonchev–Trinajstić information content (AvgIpc) is 2.70. The van der Waals surface area contributed by atoms with E-state index in [2.05, 4.69) is 15.2 Å². The molecule has 0 aliphatic heterocycles. The maximum Gasteiger partial charge on any atom is 0.296 e. The fourth-order valence-corrected chi connectivity index (χ4v) is 1.87. The zero-order valence-electron chi connectivity index (χ0n) is 7.99. The highest BCUT2D eigenvalue weighted by atomic mass is 35.7. The SMILES string of the molecule is O=S(=O)(Cl)c1nc(-c2cc(Cl)ccc2F)n[nH]1. The van der Waals surface area contributed by atoms with Gasteiger partial charge in [0.25, 0.3) is 14.2 Å². The van der Waals surface area contributed by atoms with Crippen molar-refractivity contribution in [1.29, 1.82) is 0 Å². The first kappa shape index (κ1) is 12.3. The molecule has 0 aliphatic rings. The summed E-state index contributed by atoms with van der Waals surface area (Å²) in [5.41, 5.74) is -0.0136. The smallest absolute Gasteiger partial charge is 0.248 e. The lowest BCUT2D eigenvalue weighted by atomic mass is 10.2. The Bertz CT molecular complexity index is 671. The fourth-order valence-electron chi connectivity index (χ4n) is 1.15. The minimum absolute atomic E-state index is 0.0136. The third kappa shape index (κ3) is 2.56. The molecule has 1 aromatic carbocycles. The molecule has 0 bridgehead atoms. The molecule has 2 aromatic rings. The second-order valence-electron chi connectivity index (χ2n) is 3.03. The maximum atomic E-state index is 13.4. The van der Waals surface area contributed by atoms with Gasteiger partial charge in [-0.3, -0.25) is 0 Å². The second-order valence-corrected chi connectivity index (χ2v) is 5.94. The van der Waals surface area contributed by atoms with E-state index in [1.165, 1.54) is 12.1 Å². The number of H-pyrrole nitrogens is 1. The molecule has 0 spiro atoms. The van der Waals surface area contributed by atoms with Crippen molar-refractivity contribution in [3.63, 3.8) is 0 Å². The van der Waals surface area contributed by atoms with Crippen LogP contribution < -0.4 is 0 Å². The molecular formula is C8H4Cl2FN3O2S. The van der Waals surface area contributed by atoms with Gasteiger partial charge in [0.05, 0.1) is 5.56 Å². The molecule has 0 saturated carbocycles. The number of halogens is 3. The Morgan fingerprint density at radius 2 is 2.06 bits per heavy atom.